The summed E-state index contributed by atoms with van der Waals surface area (Å²) in [7, 11) is 0. The number of aromatic nitrogens is 1. The molecule has 1 heterocycles. The molecule has 1 aromatic rings. The maximum absolute atomic E-state index is 13.5. The monoisotopic (exact) mass is 262 g/mol. The van der Waals surface area contributed by atoms with E-state index in [1.165, 1.54) is 0 Å². The lowest BCUT2D eigenvalue weighted by atomic mass is 10.1. The van der Waals surface area contributed by atoms with Crippen LogP contribution in [0.3, 0.4) is 0 Å². The summed E-state index contributed by atoms with van der Waals surface area (Å²) in [6.45, 7) is 1.43. The van der Waals surface area contributed by atoms with Crippen molar-refractivity contribution in [3.63, 3.8) is 0 Å². The van der Waals surface area contributed by atoms with E-state index in [-0.39, 0.29) is 24.4 Å². The highest BCUT2D eigenvalue weighted by atomic mass is 19.3. The highest BCUT2D eigenvalue weighted by Crippen LogP contribution is 2.24. The minimum absolute atomic E-state index is 0.135. The number of ether oxygens (including phenoxy) is 1. The number of hydrogen-bond donors (Lipinski definition) is 1. The summed E-state index contributed by atoms with van der Waals surface area (Å²) in [6.07, 6.45) is -3.25. The largest absolute Gasteiger partial charge is 0.466 e. The number of esters is 1. The number of carbonyl (C=O) groups excluding carboxylic acids is 1. The molecule has 1 rings (SSSR count). The third kappa shape index (κ3) is 3.43. The zero-order valence-electron chi connectivity index (χ0n) is 9.75. The highest BCUT2D eigenvalue weighted by Gasteiger charge is 2.19. The molecule has 0 saturated heterocycles. The molecule has 0 aliphatic carbocycles. The van der Waals surface area contributed by atoms with Crippen LogP contribution in [0.25, 0.3) is 0 Å². The summed E-state index contributed by atoms with van der Waals surface area (Å²) >= 11 is 0. The third-order valence-electron chi connectivity index (χ3n) is 2.23. The molecule has 100 valence electrons. The van der Waals surface area contributed by atoms with Crippen molar-refractivity contribution < 1.29 is 22.7 Å². The topological polar surface area (TPSA) is 65.2 Å². The molecule has 7 heteroatoms. The van der Waals surface area contributed by atoms with E-state index in [9.17, 15) is 18.0 Å². The normalized spacial score (nSPS) is 10.8. The first kappa shape index (κ1) is 14.4. The number of pyridine rings is 1. The Morgan fingerprint density at radius 3 is 2.72 bits per heavy atom. The molecular formula is C11H13F3N2O2. The van der Waals surface area contributed by atoms with Gasteiger partial charge in [-0.05, 0) is 13.0 Å². The van der Waals surface area contributed by atoms with E-state index in [1.807, 2.05) is 0 Å². The van der Waals surface area contributed by atoms with Gasteiger partial charge in [-0.2, -0.15) is 4.39 Å². The van der Waals surface area contributed by atoms with Crippen LogP contribution in [-0.2, 0) is 22.5 Å². The Balaban J connectivity index is 3.05. The Morgan fingerprint density at radius 1 is 1.56 bits per heavy atom. The third-order valence-corrected chi connectivity index (χ3v) is 2.23. The predicted octanol–water partition coefficient (Wildman–Crippen LogP) is 1.72. The number of rotatable bonds is 5. The van der Waals surface area contributed by atoms with Gasteiger partial charge in [0.25, 0.3) is 6.43 Å². The SMILES string of the molecule is CCOC(=O)Cc1cc(C(F)F)c(CN)nc1F. The number of halogens is 3. The van der Waals surface area contributed by atoms with Crippen molar-refractivity contribution in [2.24, 2.45) is 5.73 Å². The lowest BCUT2D eigenvalue weighted by molar-refractivity contribution is -0.142. The number of carbonyl (C=O) groups is 1. The zero-order chi connectivity index (χ0) is 13.7. The quantitative estimate of drug-likeness (QED) is 0.648. The van der Waals surface area contributed by atoms with Crippen LogP contribution in [0, 0.1) is 5.95 Å². The summed E-state index contributed by atoms with van der Waals surface area (Å²) < 4.78 is 43.4. The van der Waals surface area contributed by atoms with Gasteiger partial charge in [0.2, 0.25) is 5.95 Å². The fourth-order valence-electron chi connectivity index (χ4n) is 1.43. The standard InChI is InChI=1S/C11H13F3N2O2/c1-2-18-9(17)4-6-3-7(10(12)13)8(5-15)16-11(6)14/h3,10H,2,4-5,15H2,1H3. The van der Waals surface area contributed by atoms with Crippen LogP contribution < -0.4 is 5.73 Å². The lowest BCUT2D eigenvalue weighted by Crippen LogP contribution is -2.13. The summed E-state index contributed by atoms with van der Waals surface area (Å²) in [5.74, 6) is -1.67. The van der Waals surface area contributed by atoms with E-state index in [1.54, 1.807) is 6.92 Å². The number of hydrogen-bond acceptors (Lipinski definition) is 4. The summed E-state index contributed by atoms with van der Waals surface area (Å²) in [5.41, 5.74) is 4.31. The van der Waals surface area contributed by atoms with Gasteiger partial charge in [-0.25, -0.2) is 13.8 Å². The second-order valence-corrected chi connectivity index (χ2v) is 3.46. The molecular weight excluding hydrogens is 249 g/mol. The van der Waals surface area contributed by atoms with Crippen LogP contribution in [0.5, 0.6) is 0 Å². The van der Waals surface area contributed by atoms with E-state index < -0.39 is 30.3 Å². The Kier molecular flexibility index (Phi) is 5.08. The Morgan fingerprint density at radius 2 is 2.22 bits per heavy atom. The van der Waals surface area contributed by atoms with Gasteiger partial charge in [0.05, 0.1) is 18.7 Å². The lowest BCUT2D eigenvalue weighted by Gasteiger charge is -2.10. The molecule has 0 saturated carbocycles. The highest BCUT2D eigenvalue weighted by molar-refractivity contribution is 5.72. The molecule has 18 heavy (non-hydrogen) atoms. The fourth-order valence-corrected chi connectivity index (χ4v) is 1.43. The van der Waals surface area contributed by atoms with Crippen LogP contribution in [0.1, 0.15) is 30.2 Å². The van der Waals surface area contributed by atoms with E-state index in [0.29, 0.717) is 0 Å². The first-order valence-electron chi connectivity index (χ1n) is 5.31. The summed E-state index contributed by atoms with van der Waals surface area (Å²) in [5, 5.41) is 0. The summed E-state index contributed by atoms with van der Waals surface area (Å²) in [4.78, 5) is 14.5. The van der Waals surface area contributed by atoms with Crippen molar-refractivity contribution in [3.05, 3.63) is 28.8 Å². The molecule has 0 aromatic carbocycles. The van der Waals surface area contributed by atoms with Crippen molar-refractivity contribution in [1.29, 1.82) is 0 Å². The van der Waals surface area contributed by atoms with Crippen LogP contribution in [0.2, 0.25) is 0 Å². The van der Waals surface area contributed by atoms with Gasteiger partial charge < -0.3 is 10.5 Å². The molecule has 0 aliphatic rings. The van der Waals surface area contributed by atoms with Crippen molar-refractivity contribution in [3.8, 4) is 0 Å². The molecule has 0 fully saturated rings. The molecule has 0 unspecified atom stereocenters. The van der Waals surface area contributed by atoms with Gasteiger partial charge in [-0.3, -0.25) is 4.79 Å². The number of nitrogens with two attached hydrogens (primary N) is 1. The average Bonchev–Trinajstić information content (AvgIpc) is 2.31. The molecule has 0 spiro atoms. The van der Waals surface area contributed by atoms with E-state index in [4.69, 9.17) is 5.73 Å². The second-order valence-electron chi connectivity index (χ2n) is 3.46. The first-order chi connectivity index (χ1) is 8.49. The van der Waals surface area contributed by atoms with Crippen molar-refractivity contribution in [2.45, 2.75) is 26.3 Å². The Labute approximate surface area is 102 Å². The maximum atomic E-state index is 13.5. The van der Waals surface area contributed by atoms with Gasteiger partial charge in [-0.15, -0.1) is 0 Å². The van der Waals surface area contributed by atoms with E-state index in [0.717, 1.165) is 6.07 Å². The van der Waals surface area contributed by atoms with Crippen molar-refractivity contribution >= 4 is 5.97 Å². The average molecular weight is 262 g/mol. The van der Waals surface area contributed by atoms with Crippen molar-refractivity contribution in [2.75, 3.05) is 6.61 Å². The molecule has 2 N–H and O–H groups in total. The molecule has 1 aromatic heterocycles. The second kappa shape index (κ2) is 6.34. The molecule has 0 radical (unpaired) electrons. The fraction of sp³-hybridized carbons (Fsp3) is 0.455. The maximum Gasteiger partial charge on any atom is 0.310 e. The van der Waals surface area contributed by atoms with Crippen LogP contribution in [-0.4, -0.2) is 17.6 Å². The van der Waals surface area contributed by atoms with Gasteiger partial charge in [0.15, 0.2) is 0 Å². The molecule has 0 aliphatic heterocycles. The van der Waals surface area contributed by atoms with Crippen LogP contribution in [0.15, 0.2) is 6.07 Å². The Hall–Kier alpha value is -1.63. The van der Waals surface area contributed by atoms with Crippen LogP contribution >= 0.6 is 0 Å². The molecule has 0 atom stereocenters. The first-order valence-corrected chi connectivity index (χ1v) is 5.31. The minimum atomic E-state index is -2.82. The smallest absolute Gasteiger partial charge is 0.310 e. The molecule has 4 nitrogen and oxygen atoms in total. The molecule has 0 bridgehead atoms. The number of nitrogens with zero attached hydrogens (tertiary/aromatic N) is 1. The van der Waals surface area contributed by atoms with Gasteiger partial charge in [0.1, 0.15) is 0 Å². The zero-order valence-corrected chi connectivity index (χ0v) is 9.75. The van der Waals surface area contributed by atoms with E-state index >= 15 is 0 Å². The molecule has 0 amide bonds. The predicted molar refractivity (Wildman–Crippen MR) is 57.4 cm³/mol. The van der Waals surface area contributed by atoms with Crippen LogP contribution in [0.4, 0.5) is 13.2 Å². The summed E-state index contributed by atoms with van der Waals surface area (Å²) in [6, 6.07) is 0.909. The Bertz CT molecular complexity index is 439. The van der Waals surface area contributed by atoms with Gasteiger partial charge in [-0.1, -0.05) is 0 Å². The minimum Gasteiger partial charge on any atom is -0.466 e. The van der Waals surface area contributed by atoms with Gasteiger partial charge >= 0.3 is 5.97 Å². The van der Waals surface area contributed by atoms with Gasteiger partial charge in [0, 0.05) is 17.7 Å². The number of alkyl halides is 2. The van der Waals surface area contributed by atoms with E-state index in [2.05, 4.69) is 9.72 Å². The van der Waals surface area contributed by atoms with Crippen molar-refractivity contribution in [1.82, 2.24) is 4.98 Å².